The predicted octanol–water partition coefficient (Wildman–Crippen LogP) is -0.0569. The standard InChI is InChI=1S/C6H14N2/c1-5-6(4-7)2-3-8-5/h5-6,8H,2-4,7H2,1H3. The van der Waals surface area contributed by atoms with Gasteiger partial charge >= 0.3 is 0 Å². The van der Waals surface area contributed by atoms with Crippen LogP contribution >= 0.6 is 0 Å². The van der Waals surface area contributed by atoms with E-state index in [-0.39, 0.29) is 0 Å². The molecule has 0 aliphatic carbocycles. The van der Waals surface area contributed by atoms with Gasteiger partial charge < -0.3 is 11.1 Å². The van der Waals surface area contributed by atoms with Crippen molar-refractivity contribution in [2.45, 2.75) is 19.4 Å². The summed E-state index contributed by atoms with van der Waals surface area (Å²) in [4.78, 5) is 0. The molecule has 0 aromatic heterocycles. The van der Waals surface area contributed by atoms with Crippen molar-refractivity contribution < 1.29 is 0 Å². The van der Waals surface area contributed by atoms with Crippen molar-refractivity contribution in [1.82, 2.24) is 5.32 Å². The van der Waals surface area contributed by atoms with Crippen LogP contribution in [-0.2, 0) is 0 Å². The monoisotopic (exact) mass is 114 g/mol. The second kappa shape index (κ2) is 2.46. The van der Waals surface area contributed by atoms with Gasteiger partial charge in [-0.2, -0.15) is 0 Å². The van der Waals surface area contributed by atoms with Gasteiger partial charge in [0.25, 0.3) is 0 Å². The lowest BCUT2D eigenvalue weighted by molar-refractivity contribution is 0.487. The van der Waals surface area contributed by atoms with E-state index in [1.54, 1.807) is 0 Å². The fourth-order valence-corrected chi connectivity index (χ4v) is 1.24. The quantitative estimate of drug-likeness (QED) is 0.501. The van der Waals surface area contributed by atoms with Crippen LogP contribution in [0, 0.1) is 5.92 Å². The molecule has 3 N–H and O–H groups in total. The van der Waals surface area contributed by atoms with Crippen LogP contribution in [0.1, 0.15) is 13.3 Å². The van der Waals surface area contributed by atoms with E-state index in [1.807, 2.05) is 0 Å². The summed E-state index contributed by atoms with van der Waals surface area (Å²) in [5, 5.41) is 3.34. The van der Waals surface area contributed by atoms with Gasteiger partial charge in [0.2, 0.25) is 0 Å². The molecule has 8 heavy (non-hydrogen) atoms. The highest BCUT2D eigenvalue weighted by Crippen LogP contribution is 2.12. The van der Waals surface area contributed by atoms with Gasteiger partial charge in [-0.25, -0.2) is 0 Å². The fourth-order valence-electron chi connectivity index (χ4n) is 1.24. The molecule has 1 heterocycles. The van der Waals surface area contributed by atoms with Crippen molar-refractivity contribution >= 4 is 0 Å². The van der Waals surface area contributed by atoms with Gasteiger partial charge in [0.15, 0.2) is 0 Å². The van der Waals surface area contributed by atoms with E-state index in [4.69, 9.17) is 5.73 Å². The average Bonchev–Trinajstić information content (AvgIpc) is 2.14. The molecule has 1 aliphatic rings. The van der Waals surface area contributed by atoms with Crippen molar-refractivity contribution in [3.05, 3.63) is 0 Å². The van der Waals surface area contributed by atoms with Gasteiger partial charge in [0.05, 0.1) is 0 Å². The molecule has 0 spiro atoms. The van der Waals surface area contributed by atoms with Crippen molar-refractivity contribution in [3.8, 4) is 0 Å². The van der Waals surface area contributed by atoms with Crippen LogP contribution < -0.4 is 11.1 Å². The molecule has 48 valence electrons. The zero-order chi connectivity index (χ0) is 5.98. The molecule has 0 radical (unpaired) electrons. The van der Waals surface area contributed by atoms with Crippen LogP contribution in [0.2, 0.25) is 0 Å². The van der Waals surface area contributed by atoms with Gasteiger partial charge in [0.1, 0.15) is 0 Å². The summed E-state index contributed by atoms with van der Waals surface area (Å²) in [5.41, 5.74) is 5.48. The van der Waals surface area contributed by atoms with Crippen LogP contribution in [0.25, 0.3) is 0 Å². The van der Waals surface area contributed by atoms with E-state index < -0.39 is 0 Å². The smallest absolute Gasteiger partial charge is 0.00795 e. The Hall–Kier alpha value is -0.0800. The molecule has 0 bridgehead atoms. The Morgan fingerprint density at radius 3 is 2.75 bits per heavy atom. The highest BCUT2D eigenvalue weighted by atomic mass is 14.9. The normalized spacial score (nSPS) is 38.2. The first kappa shape index (κ1) is 6.05. The molecule has 1 rings (SSSR count). The molecule has 0 aromatic rings. The molecule has 0 aromatic carbocycles. The molecule has 2 atom stereocenters. The summed E-state index contributed by atoms with van der Waals surface area (Å²) < 4.78 is 0. The van der Waals surface area contributed by atoms with Gasteiger partial charge in [-0.05, 0) is 32.4 Å². The van der Waals surface area contributed by atoms with E-state index in [0.717, 1.165) is 19.0 Å². The Balaban J connectivity index is 2.30. The van der Waals surface area contributed by atoms with Gasteiger partial charge in [-0.3, -0.25) is 0 Å². The molecule has 2 heteroatoms. The third-order valence-corrected chi connectivity index (χ3v) is 1.99. The van der Waals surface area contributed by atoms with E-state index in [2.05, 4.69) is 12.2 Å². The van der Waals surface area contributed by atoms with Crippen LogP contribution in [0.3, 0.4) is 0 Å². The van der Waals surface area contributed by atoms with Gasteiger partial charge in [-0.1, -0.05) is 0 Å². The number of hydrogen-bond donors (Lipinski definition) is 2. The highest BCUT2D eigenvalue weighted by Gasteiger charge is 2.20. The van der Waals surface area contributed by atoms with Crippen molar-refractivity contribution in [3.63, 3.8) is 0 Å². The minimum atomic E-state index is 0.653. The molecule has 2 unspecified atom stereocenters. The zero-order valence-electron chi connectivity index (χ0n) is 5.35. The molecule has 1 fully saturated rings. The first-order valence-electron chi connectivity index (χ1n) is 3.28. The first-order valence-corrected chi connectivity index (χ1v) is 3.28. The molecular formula is C6H14N2. The zero-order valence-corrected chi connectivity index (χ0v) is 5.35. The largest absolute Gasteiger partial charge is 0.330 e. The van der Waals surface area contributed by atoms with Gasteiger partial charge in [0, 0.05) is 6.04 Å². The summed E-state index contributed by atoms with van der Waals surface area (Å²) in [6.45, 7) is 4.20. The number of rotatable bonds is 1. The maximum absolute atomic E-state index is 5.48. The minimum absolute atomic E-state index is 0.653. The third-order valence-electron chi connectivity index (χ3n) is 1.99. The Labute approximate surface area is 50.4 Å². The lowest BCUT2D eigenvalue weighted by Crippen LogP contribution is -2.27. The molecule has 1 saturated heterocycles. The van der Waals surface area contributed by atoms with Gasteiger partial charge in [-0.15, -0.1) is 0 Å². The number of nitrogens with two attached hydrogens (primary N) is 1. The summed E-state index contributed by atoms with van der Waals surface area (Å²) in [7, 11) is 0. The third kappa shape index (κ3) is 1.01. The molecule has 2 nitrogen and oxygen atoms in total. The van der Waals surface area contributed by atoms with Crippen molar-refractivity contribution in [2.75, 3.05) is 13.1 Å². The number of nitrogens with one attached hydrogen (secondary N) is 1. The topological polar surface area (TPSA) is 38.0 Å². The molecule has 0 amide bonds. The summed E-state index contributed by atoms with van der Waals surface area (Å²) in [6.07, 6.45) is 1.26. The predicted molar refractivity (Wildman–Crippen MR) is 34.6 cm³/mol. The van der Waals surface area contributed by atoms with Crippen LogP contribution in [0.5, 0.6) is 0 Å². The van der Waals surface area contributed by atoms with E-state index in [1.165, 1.54) is 6.42 Å². The van der Waals surface area contributed by atoms with Crippen molar-refractivity contribution in [1.29, 1.82) is 0 Å². The Morgan fingerprint density at radius 1 is 1.75 bits per heavy atom. The SMILES string of the molecule is CC1NCCC1CN. The Bertz CT molecular complexity index is 72.9. The van der Waals surface area contributed by atoms with E-state index in [9.17, 15) is 0 Å². The van der Waals surface area contributed by atoms with Crippen molar-refractivity contribution in [2.24, 2.45) is 11.7 Å². The first-order chi connectivity index (χ1) is 3.84. The second-order valence-electron chi connectivity index (χ2n) is 2.53. The summed E-state index contributed by atoms with van der Waals surface area (Å²) in [6, 6.07) is 0.653. The van der Waals surface area contributed by atoms with E-state index in [0.29, 0.717) is 6.04 Å². The maximum Gasteiger partial charge on any atom is 0.00795 e. The number of hydrogen-bond acceptors (Lipinski definition) is 2. The van der Waals surface area contributed by atoms with Crippen LogP contribution in [0.15, 0.2) is 0 Å². The second-order valence-corrected chi connectivity index (χ2v) is 2.53. The Kier molecular flexibility index (Phi) is 1.86. The fraction of sp³-hybridized carbons (Fsp3) is 1.00. The van der Waals surface area contributed by atoms with Crippen LogP contribution in [-0.4, -0.2) is 19.1 Å². The maximum atomic E-state index is 5.48. The van der Waals surface area contributed by atoms with E-state index >= 15 is 0 Å². The molecule has 1 aliphatic heterocycles. The Morgan fingerprint density at radius 2 is 2.50 bits per heavy atom. The summed E-state index contributed by atoms with van der Waals surface area (Å²) in [5.74, 6) is 0.731. The molecular weight excluding hydrogens is 100 g/mol. The average molecular weight is 114 g/mol. The molecule has 0 saturated carbocycles. The summed E-state index contributed by atoms with van der Waals surface area (Å²) >= 11 is 0. The van der Waals surface area contributed by atoms with Crippen LogP contribution in [0.4, 0.5) is 0 Å². The lowest BCUT2D eigenvalue weighted by atomic mass is 10.0. The minimum Gasteiger partial charge on any atom is -0.330 e. The lowest BCUT2D eigenvalue weighted by Gasteiger charge is -2.10. The highest BCUT2D eigenvalue weighted by molar-refractivity contribution is 4.79.